The molecular formula is C20H25N7O7S2. The van der Waals surface area contributed by atoms with Gasteiger partial charge >= 0.3 is 23.8 Å². The van der Waals surface area contributed by atoms with Crippen LogP contribution >= 0.6 is 23.1 Å². The number of carbonyl (C=O) groups is 6. The van der Waals surface area contributed by atoms with Crippen molar-refractivity contribution in [2.24, 2.45) is 0 Å². The van der Waals surface area contributed by atoms with Crippen LogP contribution in [0.4, 0.5) is 9.93 Å². The molecule has 16 heteroatoms. The Bertz CT molecular complexity index is 1160. The molecule has 4 rings (SSSR count). The number of thioether (sulfide) groups is 1. The zero-order valence-electron chi connectivity index (χ0n) is 19.6. The van der Waals surface area contributed by atoms with Gasteiger partial charge in [0.2, 0.25) is 11.8 Å². The second-order valence-corrected chi connectivity index (χ2v) is 11.6. The Hall–Kier alpha value is -3.40. The third-order valence-electron chi connectivity index (χ3n) is 6.27. The number of urea groups is 1. The van der Waals surface area contributed by atoms with Gasteiger partial charge in [-0.15, -0.1) is 23.1 Å². The quantitative estimate of drug-likeness (QED) is 0.252. The normalized spacial score (nSPS) is 25.8. The van der Waals surface area contributed by atoms with Crippen molar-refractivity contribution in [3.8, 4) is 0 Å². The molecule has 1 aromatic rings. The lowest BCUT2D eigenvalue weighted by atomic mass is 9.96. The van der Waals surface area contributed by atoms with Gasteiger partial charge in [0.05, 0.1) is 5.69 Å². The van der Waals surface area contributed by atoms with Gasteiger partial charge in [0.1, 0.15) is 17.5 Å². The summed E-state index contributed by atoms with van der Waals surface area (Å²) in [6.45, 7) is 5.53. The molecule has 3 aliphatic rings. The number of thiazole rings is 1. The van der Waals surface area contributed by atoms with Crippen molar-refractivity contribution in [1.82, 2.24) is 30.3 Å². The summed E-state index contributed by atoms with van der Waals surface area (Å²) in [6, 6.07) is -4.46. The molecule has 0 saturated carbocycles. The molecule has 5 N–H and O–H groups in total. The molecule has 0 radical (unpaired) electrons. The second kappa shape index (κ2) is 9.24. The summed E-state index contributed by atoms with van der Waals surface area (Å²) in [6.07, 6.45) is 0. The number of carboxylic acid groups (broad SMARTS) is 1. The maximum Gasteiger partial charge on any atom is 0.327 e. The molecule has 0 aromatic carbocycles. The number of β-lactam (4-membered cyclic amide) rings is 1. The van der Waals surface area contributed by atoms with Crippen molar-refractivity contribution in [2.45, 2.75) is 49.0 Å². The summed E-state index contributed by atoms with van der Waals surface area (Å²) in [7, 11) is 0. The number of likely N-dealkylation sites (N-methyl/N-ethyl adjacent to an activating group) is 1. The topological polar surface area (TPSA) is 195 Å². The number of aliphatic carboxylic acids is 1. The van der Waals surface area contributed by atoms with Crippen molar-refractivity contribution >= 4 is 63.9 Å². The average molecular weight is 540 g/mol. The van der Waals surface area contributed by atoms with Gasteiger partial charge in [-0.1, -0.05) is 0 Å². The van der Waals surface area contributed by atoms with E-state index in [9.17, 15) is 33.9 Å². The zero-order chi connectivity index (χ0) is 26.5. The van der Waals surface area contributed by atoms with Gasteiger partial charge in [-0.3, -0.25) is 24.1 Å². The number of nitrogen functional groups attached to an aromatic ring is 1. The van der Waals surface area contributed by atoms with E-state index in [4.69, 9.17) is 5.73 Å². The fourth-order valence-electron chi connectivity index (χ4n) is 4.46. The number of hydrogen-bond acceptors (Lipinski definition) is 10. The average Bonchev–Trinajstić information content (AvgIpc) is 3.35. The summed E-state index contributed by atoms with van der Waals surface area (Å²) in [5.74, 6) is -4.34. The Labute approximate surface area is 213 Å². The van der Waals surface area contributed by atoms with E-state index >= 15 is 0 Å². The zero-order valence-corrected chi connectivity index (χ0v) is 21.2. The molecule has 0 spiro atoms. The van der Waals surface area contributed by atoms with Crippen LogP contribution in [0.25, 0.3) is 0 Å². The predicted octanol–water partition coefficient (Wildman–Crippen LogP) is -1.20. The number of nitrogens with zero attached hydrogens (tertiary/aromatic N) is 4. The van der Waals surface area contributed by atoms with E-state index in [1.165, 1.54) is 26.9 Å². The minimum atomic E-state index is -1.42. The van der Waals surface area contributed by atoms with Crippen molar-refractivity contribution in [3.05, 3.63) is 11.1 Å². The Morgan fingerprint density at radius 1 is 1.25 bits per heavy atom. The number of aromatic nitrogens is 1. The first-order valence-electron chi connectivity index (χ1n) is 11.0. The lowest BCUT2D eigenvalue weighted by Crippen LogP contribution is -2.71. The SMILES string of the molecule is CCN1CCN(C(=O)NC(C(=O)N[C@@H]2C(=O)N3[C@@H]2SC(C)(C)[C@@H]3C(=O)O)c2csc(N)n2)C(=O)C1=O. The highest BCUT2D eigenvalue weighted by Gasteiger charge is 2.64. The smallest absolute Gasteiger partial charge is 0.327 e. The van der Waals surface area contributed by atoms with Gasteiger partial charge in [0.25, 0.3) is 0 Å². The van der Waals surface area contributed by atoms with Crippen LogP contribution in [0.5, 0.6) is 0 Å². The molecule has 0 aliphatic carbocycles. The van der Waals surface area contributed by atoms with Crippen molar-refractivity contribution in [3.63, 3.8) is 0 Å². The Morgan fingerprint density at radius 3 is 2.53 bits per heavy atom. The van der Waals surface area contributed by atoms with Crippen LogP contribution in [0.15, 0.2) is 5.38 Å². The van der Waals surface area contributed by atoms with E-state index in [1.807, 2.05) is 0 Å². The molecule has 3 aliphatic heterocycles. The van der Waals surface area contributed by atoms with E-state index in [1.54, 1.807) is 20.8 Å². The number of rotatable bonds is 6. The summed E-state index contributed by atoms with van der Waals surface area (Å²) < 4.78 is -0.782. The van der Waals surface area contributed by atoms with Gasteiger partial charge in [0.15, 0.2) is 11.2 Å². The lowest BCUT2D eigenvalue weighted by Gasteiger charge is -2.44. The maximum atomic E-state index is 13.3. The van der Waals surface area contributed by atoms with E-state index < -0.39 is 63.9 Å². The number of amides is 6. The lowest BCUT2D eigenvalue weighted by molar-refractivity contribution is -0.161. The number of carbonyl (C=O) groups excluding carboxylic acids is 5. The standard InChI is InChI=1S/C20H25N7O7S2/c1-4-25-5-6-26(15(31)14(25)30)19(34)24-9(8-7-35-18(21)22-8)12(28)23-10-13(29)27-11(17(32)33)20(2,3)36-16(10)27/h7,9-11,16H,4-6H2,1-3H3,(H2,21,22)(H,23,28)(H,24,34)(H,32,33)/t9?,10-,11+,16-/m1/s1. The van der Waals surface area contributed by atoms with E-state index in [0.29, 0.717) is 11.4 Å². The molecule has 6 amide bonds. The second-order valence-electron chi connectivity index (χ2n) is 8.92. The number of nitrogens with one attached hydrogen (secondary N) is 2. The largest absolute Gasteiger partial charge is 0.480 e. The summed E-state index contributed by atoms with van der Waals surface area (Å²) in [4.78, 5) is 82.5. The number of anilines is 1. The van der Waals surface area contributed by atoms with Crippen molar-refractivity contribution < 1.29 is 33.9 Å². The van der Waals surface area contributed by atoms with Crippen LogP contribution in [-0.4, -0.2) is 102 Å². The van der Waals surface area contributed by atoms with Crippen molar-refractivity contribution in [1.29, 1.82) is 0 Å². The number of imide groups is 1. The van der Waals surface area contributed by atoms with Gasteiger partial charge in [-0.25, -0.2) is 14.6 Å². The predicted molar refractivity (Wildman–Crippen MR) is 127 cm³/mol. The summed E-state index contributed by atoms with van der Waals surface area (Å²) in [5.41, 5.74) is 5.78. The molecule has 0 bridgehead atoms. The molecule has 3 fully saturated rings. The molecule has 194 valence electrons. The van der Waals surface area contributed by atoms with Gasteiger partial charge in [0, 0.05) is 29.8 Å². The van der Waals surface area contributed by atoms with Gasteiger partial charge in [-0.05, 0) is 20.8 Å². The molecule has 3 saturated heterocycles. The highest BCUT2D eigenvalue weighted by molar-refractivity contribution is 8.01. The van der Waals surface area contributed by atoms with Crippen molar-refractivity contribution in [2.75, 3.05) is 25.4 Å². The minimum absolute atomic E-state index is 0.0573. The molecule has 14 nitrogen and oxygen atoms in total. The Morgan fingerprint density at radius 2 is 1.94 bits per heavy atom. The number of fused-ring (bicyclic) bond motifs is 1. The number of hydrogen-bond donors (Lipinski definition) is 4. The fraction of sp³-hybridized carbons (Fsp3) is 0.550. The monoisotopic (exact) mass is 539 g/mol. The van der Waals surface area contributed by atoms with Gasteiger partial charge < -0.3 is 31.3 Å². The van der Waals surface area contributed by atoms with Crippen LogP contribution in [0.2, 0.25) is 0 Å². The number of piperazine rings is 1. The summed E-state index contributed by atoms with van der Waals surface area (Å²) >= 11 is 2.28. The molecule has 4 heterocycles. The number of carboxylic acids is 1. The molecule has 1 unspecified atom stereocenters. The van der Waals surface area contributed by atoms with Crippen LogP contribution in [-0.2, 0) is 24.0 Å². The third-order valence-corrected chi connectivity index (χ3v) is 8.54. The third kappa shape index (κ3) is 4.23. The van der Waals surface area contributed by atoms with E-state index in [-0.39, 0.29) is 23.9 Å². The van der Waals surface area contributed by atoms with Crippen LogP contribution < -0.4 is 16.4 Å². The summed E-state index contributed by atoms with van der Waals surface area (Å²) in [5, 5.41) is 15.5. The maximum absolute atomic E-state index is 13.3. The Balaban J connectivity index is 1.51. The van der Waals surface area contributed by atoms with E-state index in [0.717, 1.165) is 11.3 Å². The van der Waals surface area contributed by atoms with Crippen LogP contribution in [0.3, 0.4) is 0 Å². The molecular weight excluding hydrogens is 514 g/mol. The highest BCUT2D eigenvalue weighted by atomic mass is 32.2. The first-order chi connectivity index (χ1) is 16.9. The van der Waals surface area contributed by atoms with Gasteiger partial charge in [-0.2, -0.15) is 0 Å². The molecule has 36 heavy (non-hydrogen) atoms. The Kier molecular flexibility index (Phi) is 6.59. The number of nitrogens with two attached hydrogens (primary N) is 1. The first kappa shape index (κ1) is 25.7. The highest BCUT2D eigenvalue weighted by Crippen LogP contribution is 2.50. The van der Waals surface area contributed by atoms with E-state index in [2.05, 4.69) is 15.6 Å². The molecule has 4 atom stereocenters. The minimum Gasteiger partial charge on any atom is -0.480 e. The molecule has 1 aromatic heterocycles. The van der Waals surface area contributed by atoms with Crippen LogP contribution in [0.1, 0.15) is 32.5 Å². The fourth-order valence-corrected chi connectivity index (χ4v) is 6.67. The first-order valence-corrected chi connectivity index (χ1v) is 12.8. The van der Waals surface area contributed by atoms with Crippen LogP contribution in [0, 0.1) is 0 Å².